The minimum absolute atomic E-state index is 0.0168. The first kappa shape index (κ1) is 14.9. The maximum Gasteiger partial charge on any atom is 0.225 e. The Morgan fingerprint density at radius 3 is 2.95 bits per heavy atom. The van der Waals surface area contributed by atoms with Gasteiger partial charge in [-0.25, -0.2) is 0 Å². The van der Waals surface area contributed by atoms with E-state index in [1.807, 2.05) is 36.6 Å². The largest absolute Gasteiger partial charge is 0.464 e. The maximum absolute atomic E-state index is 12.2. The van der Waals surface area contributed by atoms with Crippen molar-refractivity contribution in [2.75, 3.05) is 0 Å². The predicted molar refractivity (Wildman–Crippen MR) is 90.2 cm³/mol. The van der Waals surface area contributed by atoms with Crippen LogP contribution < -0.4 is 5.32 Å². The number of nitrogens with one attached hydrogen (secondary N) is 1. The van der Waals surface area contributed by atoms with E-state index in [1.54, 1.807) is 17.6 Å². The number of hydrogen-bond acceptors (Lipinski definition) is 3. The van der Waals surface area contributed by atoms with Gasteiger partial charge in [0.2, 0.25) is 5.91 Å². The van der Waals surface area contributed by atoms with Crippen LogP contribution in [0, 0.1) is 0 Å². The molecule has 0 spiro atoms. The molecular weight excluding hydrogens is 294 g/mol. The van der Waals surface area contributed by atoms with Gasteiger partial charge in [-0.05, 0) is 36.4 Å². The molecule has 1 aromatic carbocycles. The van der Waals surface area contributed by atoms with Crippen LogP contribution in [0.5, 0.6) is 0 Å². The Bertz CT molecular complexity index is 774. The van der Waals surface area contributed by atoms with Crippen molar-refractivity contribution in [2.24, 2.45) is 0 Å². The summed E-state index contributed by atoms with van der Waals surface area (Å²) in [5, 5.41) is 6.08. The van der Waals surface area contributed by atoms with E-state index in [-0.39, 0.29) is 11.9 Å². The van der Waals surface area contributed by atoms with Crippen molar-refractivity contribution in [3.63, 3.8) is 0 Å². The highest BCUT2D eigenvalue weighted by Crippen LogP contribution is 2.24. The number of hydrogen-bond donors (Lipinski definition) is 1. The molecule has 4 heteroatoms. The smallest absolute Gasteiger partial charge is 0.225 e. The third-order valence-corrected chi connectivity index (χ3v) is 4.88. The van der Waals surface area contributed by atoms with Gasteiger partial charge in [0.15, 0.2) is 0 Å². The fourth-order valence-electron chi connectivity index (χ4n) is 2.56. The van der Waals surface area contributed by atoms with Crippen molar-refractivity contribution in [1.82, 2.24) is 5.32 Å². The van der Waals surface area contributed by atoms with E-state index in [9.17, 15) is 4.79 Å². The van der Waals surface area contributed by atoms with E-state index in [2.05, 4.69) is 18.3 Å². The van der Waals surface area contributed by atoms with E-state index < -0.39 is 0 Å². The molecule has 0 saturated carbocycles. The number of fused-ring (bicyclic) bond motifs is 1. The molecular formula is C18H19NO2S. The first-order chi connectivity index (χ1) is 10.7. The van der Waals surface area contributed by atoms with Crippen molar-refractivity contribution >= 4 is 28.2 Å². The monoisotopic (exact) mass is 313 g/mol. The molecule has 0 aliphatic carbocycles. The summed E-state index contributed by atoms with van der Waals surface area (Å²) in [6, 6.07) is 10.3. The number of furan rings is 1. The van der Waals surface area contributed by atoms with Crippen molar-refractivity contribution in [2.45, 2.75) is 32.7 Å². The van der Waals surface area contributed by atoms with Crippen LogP contribution in [0.25, 0.3) is 11.0 Å². The molecule has 3 nitrogen and oxygen atoms in total. The summed E-state index contributed by atoms with van der Waals surface area (Å²) in [6.07, 6.45) is 3.01. The zero-order chi connectivity index (χ0) is 15.5. The number of rotatable bonds is 5. The first-order valence-corrected chi connectivity index (χ1v) is 8.37. The maximum atomic E-state index is 12.2. The molecule has 2 aromatic heterocycles. The average molecular weight is 313 g/mol. The average Bonchev–Trinajstić information content (AvgIpc) is 3.16. The van der Waals surface area contributed by atoms with Crippen LogP contribution >= 0.6 is 11.3 Å². The van der Waals surface area contributed by atoms with Crippen LogP contribution in [-0.2, 0) is 17.6 Å². The molecule has 114 valence electrons. The van der Waals surface area contributed by atoms with E-state index in [1.165, 1.54) is 5.56 Å². The molecule has 22 heavy (non-hydrogen) atoms. The van der Waals surface area contributed by atoms with Gasteiger partial charge in [-0.2, -0.15) is 0 Å². The lowest BCUT2D eigenvalue weighted by Crippen LogP contribution is -2.27. The first-order valence-electron chi connectivity index (χ1n) is 7.49. The van der Waals surface area contributed by atoms with Crippen molar-refractivity contribution in [3.8, 4) is 0 Å². The molecule has 0 bridgehead atoms. The Kier molecular flexibility index (Phi) is 4.29. The van der Waals surface area contributed by atoms with Crippen molar-refractivity contribution in [3.05, 3.63) is 58.0 Å². The highest BCUT2D eigenvalue weighted by Gasteiger charge is 2.14. The Balaban J connectivity index is 1.71. The SMILES string of the molecule is CCc1ccc2c(CC(=O)NC(C)c3cccs3)coc2c1. The molecule has 0 aliphatic rings. The van der Waals surface area contributed by atoms with Crippen LogP contribution in [0.4, 0.5) is 0 Å². The molecule has 1 atom stereocenters. The second kappa shape index (κ2) is 6.36. The molecule has 1 amide bonds. The molecule has 2 heterocycles. The van der Waals surface area contributed by atoms with Crippen LogP contribution in [0.3, 0.4) is 0 Å². The van der Waals surface area contributed by atoms with Gasteiger partial charge < -0.3 is 9.73 Å². The Labute approximate surface area is 134 Å². The molecule has 0 fully saturated rings. The summed E-state index contributed by atoms with van der Waals surface area (Å²) < 4.78 is 5.59. The van der Waals surface area contributed by atoms with Crippen LogP contribution in [-0.4, -0.2) is 5.91 Å². The van der Waals surface area contributed by atoms with Gasteiger partial charge >= 0.3 is 0 Å². The number of carbonyl (C=O) groups is 1. The highest BCUT2D eigenvalue weighted by atomic mass is 32.1. The Hall–Kier alpha value is -2.07. The van der Waals surface area contributed by atoms with Crippen LogP contribution in [0.1, 0.15) is 35.9 Å². The summed E-state index contributed by atoms with van der Waals surface area (Å²) in [5.41, 5.74) is 3.03. The summed E-state index contributed by atoms with van der Waals surface area (Å²) >= 11 is 1.65. The fourth-order valence-corrected chi connectivity index (χ4v) is 3.29. The second-order valence-electron chi connectivity index (χ2n) is 5.43. The fraction of sp³-hybridized carbons (Fsp3) is 0.278. The quantitative estimate of drug-likeness (QED) is 0.755. The van der Waals surface area contributed by atoms with E-state index in [4.69, 9.17) is 4.42 Å². The van der Waals surface area contributed by atoms with Gasteiger partial charge in [0.05, 0.1) is 18.7 Å². The lowest BCUT2D eigenvalue weighted by atomic mass is 10.1. The molecule has 1 unspecified atom stereocenters. The molecule has 3 aromatic rings. The summed E-state index contributed by atoms with van der Waals surface area (Å²) in [5.74, 6) is 0.0168. The van der Waals surface area contributed by atoms with Crippen molar-refractivity contribution < 1.29 is 9.21 Å². The third kappa shape index (κ3) is 3.07. The van der Waals surface area contributed by atoms with Gasteiger partial charge in [0, 0.05) is 15.8 Å². The lowest BCUT2D eigenvalue weighted by molar-refractivity contribution is -0.121. The number of aryl methyl sites for hydroxylation is 1. The Morgan fingerprint density at radius 2 is 2.23 bits per heavy atom. The van der Waals surface area contributed by atoms with Crippen molar-refractivity contribution in [1.29, 1.82) is 0 Å². The zero-order valence-electron chi connectivity index (χ0n) is 12.8. The van der Waals surface area contributed by atoms with E-state index in [0.717, 1.165) is 27.8 Å². The predicted octanol–water partition coefficient (Wildman–Crippen LogP) is 4.48. The van der Waals surface area contributed by atoms with E-state index in [0.29, 0.717) is 6.42 Å². The normalized spacial score (nSPS) is 12.5. The van der Waals surface area contributed by atoms with E-state index >= 15 is 0 Å². The van der Waals surface area contributed by atoms with Gasteiger partial charge in [-0.3, -0.25) is 4.79 Å². The van der Waals surface area contributed by atoms with Crippen LogP contribution in [0.2, 0.25) is 0 Å². The molecule has 3 rings (SSSR count). The number of thiophene rings is 1. The zero-order valence-corrected chi connectivity index (χ0v) is 13.6. The van der Waals surface area contributed by atoms with Gasteiger partial charge in [-0.15, -0.1) is 11.3 Å². The van der Waals surface area contributed by atoms with Gasteiger partial charge in [-0.1, -0.05) is 25.1 Å². The highest BCUT2D eigenvalue weighted by molar-refractivity contribution is 7.10. The number of amides is 1. The lowest BCUT2D eigenvalue weighted by Gasteiger charge is -2.11. The molecule has 0 saturated heterocycles. The minimum Gasteiger partial charge on any atom is -0.464 e. The van der Waals surface area contributed by atoms with Gasteiger partial charge in [0.1, 0.15) is 5.58 Å². The topological polar surface area (TPSA) is 42.2 Å². The molecule has 1 N–H and O–H groups in total. The second-order valence-corrected chi connectivity index (χ2v) is 6.41. The summed E-state index contributed by atoms with van der Waals surface area (Å²) in [7, 11) is 0. The van der Waals surface area contributed by atoms with Gasteiger partial charge in [0.25, 0.3) is 0 Å². The summed E-state index contributed by atoms with van der Waals surface area (Å²) in [4.78, 5) is 13.4. The third-order valence-electron chi connectivity index (χ3n) is 3.83. The minimum atomic E-state index is 0.0168. The summed E-state index contributed by atoms with van der Waals surface area (Å²) in [6.45, 7) is 4.12. The number of carbonyl (C=O) groups excluding carboxylic acids is 1. The van der Waals surface area contributed by atoms with Crippen LogP contribution in [0.15, 0.2) is 46.4 Å². The Morgan fingerprint density at radius 1 is 1.36 bits per heavy atom. The standard InChI is InChI=1S/C18H19NO2S/c1-3-13-6-7-15-14(11-21-16(15)9-13)10-18(20)19-12(2)17-5-4-8-22-17/h4-9,11-12H,3,10H2,1-2H3,(H,19,20). The molecule has 0 radical (unpaired) electrons. The number of benzene rings is 1. The molecule has 0 aliphatic heterocycles.